The molecule has 0 fully saturated rings. The van der Waals surface area contributed by atoms with Crippen molar-refractivity contribution in [3.63, 3.8) is 0 Å². The molecule has 1 atom stereocenters. The van der Waals surface area contributed by atoms with Gasteiger partial charge in [0.2, 0.25) is 0 Å². The van der Waals surface area contributed by atoms with Crippen LogP contribution in [-0.4, -0.2) is 45.1 Å². The largest absolute Gasteiger partial charge is 0.380 e. The molecule has 0 aromatic carbocycles. The van der Waals surface area contributed by atoms with Crippen molar-refractivity contribution >= 4 is 17.2 Å². The molecule has 0 spiro atoms. The lowest BCUT2D eigenvalue weighted by Gasteiger charge is -2.32. The zero-order chi connectivity index (χ0) is 16.4. The van der Waals surface area contributed by atoms with Gasteiger partial charge in [0, 0.05) is 37.2 Å². The lowest BCUT2D eigenvalue weighted by atomic mass is 9.98. The minimum atomic E-state index is -0.0311. The average molecular weight is 334 g/mol. The number of thiazole rings is 1. The Morgan fingerprint density at radius 3 is 3.00 bits per heavy atom. The molecule has 3 rings (SSSR count). The summed E-state index contributed by atoms with van der Waals surface area (Å²) >= 11 is 1.44. The van der Waals surface area contributed by atoms with Crippen molar-refractivity contribution in [3.8, 4) is 0 Å². The van der Waals surface area contributed by atoms with Gasteiger partial charge in [0.1, 0.15) is 5.69 Å². The van der Waals surface area contributed by atoms with E-state index in [1.807, 2.05) is 22.8 Å². The second kappa shape index (κ2) is 6.80. The van der Waals surface area contributed by atoms with Crippen molar-refractivity contribution in [2.75, 3.05) is 19.8 Å². The van der Waals surface area contributed by atoms with E-state index in [1.54, 1.807) is 10.9 Å². The summed E-state index contributed by atoms with van der Waals surface area (Å²) in [5.41, 5.74) is 4.33. The summed E-state index contributed by atoms with van der Waals surface area (Å²) in [5.74, 6) is 0.612. The molecule has 1 aliphatic heterocycles. The maximum atomic E-state index is 12.6. The fourth-order valence-electron chi connectivity index (χ4n) is 2.94. The first kappa shape index (κ1) is 16.1. The number of carbonyl (C=O) groups is 1. The Labute approximate surface area is 140 Å². The third-order valence-electron chi connectivity index (χ3n) is 3.94. The Kier molecular flexibility index (Phi) is 4.77. The molecule has 1 amide bonds. The Morgan fingerprint density at radius 2 is 2.30 bits per heavy atom. The van der Waals surface area contributed by atoms with Crippen LogP contribution in [-0.2, 0) is 18.3 Å². The number of nitrogens with zero attached hydrogens (tertiary/aromatic N) is 4. The number of rotatable bonds is 5. The summed E-state index contributed by atoms with van der Waals surface area (Å²) in [7, 11) is 2.00. The minimum absolute atomic E-state index is 0.0311. The number of ether oxygens (including phenoxy) is 1. The van der Waals surface area contributed by atoms with Crippen LogP contribution >= 0.6 is 11.3 Å². The lowest BCUT2D eigenvalue weighted by molar-refractivity contribution is 0.0588. The third kappa shape index (κ3) is 3.45. The third-order valence-corrected chi connectivity index (χ3v) is 4.53. The van der Waals surface area contributed by atoms with Gasteiger partial charge >= 0.3 is 0 Å². The fraction of sp³-hybridized carbons (Fsp3) is 0.562. The Morgan fingerprint density at radius 1 is 1.48 bits per heavy atom. The van der Waals surface area contributed by atoms with Gasteiger partial charge in [-0.05, 0) is 5.92 Å². The van der Waals surface area contributed by atoms with Gasteiger partial charge in [0.25, 0.3) is 5.91 Å². The van der Waals surface area contributed by atoms with Crippen LogP contribution in [0.25, 0.3) is 0 Å². The molecule has 3 heterocycles. The number of hydrogen-bond donors (Lipinski definition) is 0. The summed E-state index contributed by atoms with van der Waals surface area (Å²) in [6.07, 6.45) is 1.82. The second-order valence-corrected chi connectivity index (χ2v) is 7.09. The van der Waals surface area contributed by atoms with Crippen molar-refractivity contribution in [3.05, 3.63) is 34.3 Å². The summed E-state index contributed by atoms with van der Waals surface area (Å²) in [6, 6.07) is 0. The summed E-state index contributed by atoms with van der Waals surface area (Å²) in [4.78, 5) is 23.0. The smallest absolute Gasteiger partial charge is 0.273 e. The first-order chi connectivity index (χ1) is 11.1. The van der Waals surface area contributed by atoms with Crippen molar-refractivity contribution in [1.29, 1.82) is 0 Å². The van der Waals surface area contributed by atoms with Crippen LogP contribution in [0.2, 0.25) is 0 Å². The van der Waals surface area contributed by atoms with E-state index >= 15 is 0 Å². The van der Waals surface area contributed by atoms with E-state index in [4.69, 9.17) is 4.74 Å². The van der Waals surface area contributed by atoms with Gasteiger partial charge in [-0.25, -0.2) is 9.97 Å². The van der Waals surface area contributed by atoms with Crippen LogP contribution in [0.15, 0.2) is 17.2 Å². The minimum Gasteiger partial charge on any atom is -0.380 e. The highest BCUT2D eigenvalue weighted by Crippen LogP contribution is 2.28. The molecule has 1 aliphatic rings. The molecular weight excluding hydrogens is 312 g/mol. The van der Waals surface area contributed by atoms with E-state index in [0.29, 0.717) is 31.3 Å². The fourth-order valence-corrected chi connectivity index (χ4v) is 3.47. The van der Waals surface area contributed by atoms with Crippen molar-refractivity contribution in [2.24, 2.45) is 13.0 Å². The molecule has 0 bridgehead atoms. The van der Waals surface area contributed by atoms with Gasteiger partial charge in [0.05, 0.1) is 30.7 Å². The summed E-state index contributed by atoms with van der Waals surface area (Å²) in [6.45, 7) is 6.77. The molecule has 0 unspecified atom stereocenters. The average Bonchev–Trinajstić information content (AvgIpc) is 3.16. The molecule has 2 aromatic heterocycles. The predicted molar refractivity (Wildman–Crippen MR) is 88.5 cm³/mol. The van der Waals surface area contributed by atoms with Gasteiger partial charge in [-0.3, -0.25) is 4.79 Å². The van der Waals surface area contributed by atoms with Crippen molar-refractivity contribution < 1.29 is 9.53 Å². The van der Waals surface area contributed by atoms with Crippen LogP contribution in [0, 0.1) is 5.92 Å². The quantitative estimate of drug-likeness (QED) is 0.842. The summed E-state index contributed by atoms with van der Waals surface area (Å²) < 4.78 is 7.89. The van der Waals surface area contributed by atoms with Crippen LogP contribution in [0.5, 0.6) is 0 Å². The first-order valence-corrected chi connectivity index (χ1v) is 8.75. The van der Waals surface area contributed by atoms with Gasteiger partial charge in [-0.15, -0.1) is 11.3 Å². The highest BCUT2D eigenvalue weighted by molar-refractivity contribution is 7.07. The van der Waals surface area contributed by atoms with Crippen LogP contribution in [0.1, 0.15) is 41.6 Å². The topological polar surface area (TPSA) is 60.2 Å². The molecule has 2 aromatic rings. The first-order valence-electron chi connectivity index (χ1n) is 7.81. The maximum Gasteiger partial charge on any atom is 0.273 e. The SMILES string of the molecule is CC(C)COC[C@H]1CN(C(=O)c2cscn2)Cc2ncn(C)c21. The monoisotopic (exact) mass is 334 g/mol. The normalized spacial score (nSPS) is 17.6. The number of fused-ring (bicyclic) bond motifs is 1. The molecule has 0 radical (unpaired) electrons. The van der Waals surface area contributed by atoms with E-state index in [1.165, 1.54) is 17.0 Å². The second-order valence-electron chi connectivity index (χ2n) is 6.37. The molecule has 7 heteroatoms. The van der Waals surface area contributed by atoms with Crippen LogP contribution < -0.4 is 0 Å². The molecule has 0 aliphatic carbocycles. The lowest BCUT2D eigenvalue weighted by Crippen LogP contribution is -2.40. The van der Waals surface area contributed by atoms with Crippen LogP contribution in [0.3, 0.4) is 0 Å². The van der Waals surface area contributed by atoms with E-state index in [-0.39, 0.29) is 11.8 Å². The zero-order valence-corrected chi connectivity index (χ0v) is 14.5. The Balaban J connectivity index is 1.77. The van der Waals surface area contributed by atoms with E-state index in [2.05, 4.69) is 23.8 Å². The number of imidazole rings is 1. The Hall–Kier alpha value is -1.73. The highest BCUT2D eigenvalue weighted by Gasteiger charge is 2.32. The number of aromatic nitrogens is 3. The zero-order valence-electron chi connectivity index (χ0n) is 13.7. The van der Waals surface area contributed by atoms with Gasteiger partial charge in [-0.2, -0.15) is 0 Å². The number of hydrogen-bond acceptors (Lipinski definition) is 5. The number of amides is 1. The number of aryl methyl sites for hydroxylation is 1. The Bertz CT molecular complexity index is 666. The number of carbonyl (C=O) groups excluding carboxylic acids is 1. The standard InChI is InChI=1S/C16H22N4O2S/c1-11(2)6-22-7-12-4-20(16(21)14-8-23-10-18-14)5-13-15(12)19(3)9-17-13/h8-12H,4-7H2,1-3H3/t12-/m1/s1. The van der Waals surface area contributed by atoms with Crippen molar-refractivity contribution in [1.82, 2.24) is 19.4 Å². The predicted octanol–water partition coefficient (Wildman–Crippen LogP) is 2.29. The molecule has 6 nitrogen and oxygen atoms in total. The van der Waals surface area contributed by atoms with Gasteiger partial charge < -0.3 is 14.2 Å². The van der Waals surface area contributed by atoms with Gasteiger partial charge in [0.15, 0.2) is 0 Å². The van der Waals surface area contributed by atoms with E-state index in [9.17, 15) is 4.79 Å². The maximum absolute atomic E-state index is 12.6. The molecule has 23 heavy (non-hydrogen) atoms. The van der Waals surface area contributed by atoms with Crippen LogP contribution in [0.4, 0.5) is 0 Å². The molecular formula is C16H22N4O2S. The van der Waals surface area contributed by atoms with E-state index in [0.717, 1.165) is 12.3 Å². The highest BCUT2D eigenvalue weighted by atomic mass is 32.1. The molecule has 0 saturated carbocycles. The van der Waals surface area contributed by atoms with Gasteiger partial charge in [-0.1, -0.05) is 13.8 Å². The molecule has 124 valence electrons. The van der Waals surface area contributed by atoms with Crippen molar-refractivity contribution in [2.45, 2.75) is 26.3 Å². The molecule has 0 N–H and O–H groups in total. The van der Waals surface area contributed by atoms with E-state index < -0.39 is 0 Å². The molecule has 0 saturated heterocycles. The summed E-state index contributed by atoms with van der Waals surface area (Å²) in [5, 5.41) is 1.79.